The third-order valence-electron chi connectivity index (χ3n) is 4.73. The van der Waals surface area contributed by atoms with Crippen LogP contribution < -0.4 is 15.4 Å². The third-order valence-corrected chi connectivity index (χ3v) is 6.09. The van der Waals surface area contributed by atoms with Gasteiger partial charge in [-0.3, -0.25) is 19.7 Å². The van der Waals surface area contributed by atoms with Crippen molar-refractivity contribution in [3.8, 4) is 5.75 Å². The minimum absolute atomic E-state index is 0.0390. The van der Waals surface area contributed by atoms with Gasteiger partial charge in [0.15, 0.2) is 0 Å². The van der Waals surface area contributed by atoms with E-state index < -0.39 is 4.92 Å². The van der Waals surface area contributed by atoms with E-state index in [9.17, 15) is 19.7 Å². The summed E-state index contributed by atoms with van der Waals surface area (Å²) in [5.41, 5.74) is 1.57. The van der Waals surface area contributed by atoms with Gasteiger partial charge in [0.2, 0.25) is 5.91 Å². The van der Waals surface area contributed by atoms with Gasteiger partial charge in [-0.05, 0) is 61.0 Å². The number of non-ortho nitro benzene ring substituents is 1. The van der Waals surface area contributed by atoms with Crippen LogP contribution in [0.5, 0.6) is 5.75 Å². The van der Waals surface area contributed by atoms with Crippen LogP contribution in [0.25, 0.3) is 0 Å². The Labute approximate surface area is 195 Å². The van der Waals surface area contributed by atoms with Crippen LogP contribution >= 0.6 is 11.8 Å². The lowest BCUT2D eigenvalue weighted by atomic mass is 10.2. The van der Waals surface area contributed by atoms with Crippen LogP contribution in [0.4, 0.5) is 17.1 Å². The Morgan fingerprint density at radius 2 is 1.70 bits per heavy atom. The molecular formula is C24H23N3O5S. The molecule has 3 aromatic carbocycles. The molecule has 3 rings (SSSR count). The van der Waals surface area contributed by atoms with Gasteiger partial charge in [0, 0.05) is 34.0 Å². The van der Waals surface area contributed by atoms with E-state index in [1.165, 1.54) is 36.0 Å². The molecule has 0 radical (unpaired) electrons. The van der Waals surface area contributed by atoms with Gasteiger partial charge in [-0.25, -0.2) is 0 Å². The van der Waals surface area contributed by atoms with Gasteiger partial charge in [-0.15, -0.1) is 11.8 Å². The molecule has 2 N–H and O–H groups in total. The van der Waals surface area contributed by atoms with Gasteiger partial charge in [-0.1, -0.05) is 13.0 Å². The number of thioether (sulfide) groups is 1. The Hall–Kier alpha value is -3.85. The second-order valence-corrected chi connectivity index (χ2v) is 8.29. The number of benzene rings is 3. The molecule has 0 fully saturated rings. The van der Waals surface area contributed by atoms with Gasteiger partial charge in [-0.2, -0.15) is 0 Å². The van der Waals surface area contributed by atoms with Crippen LogP contribution in [-0.2, 0) is 4.79 Å². The quantitative estimate of drug-likeness (QED) is 0.250. The summed E-state index contributed by atoms with van der Waals surface area (Å²) < 4.78 is 5.11. The maximum absolute atomic E-state index is 12.7. The molecule has 1 unspecified atom stereocenters. The first kappa shape index (κ1) is 23.8. The number of nitrogens with one attached hydrogen (secondary N) is 2. The first-order valence-electron chi connectivity index (χ1n) is 10.2. The fourth-order valence-electron chi connectivity index (χ4n) is 2.97. The van der Waals surface area contributed by atoms with E-state index in [4.69, 9.17) is 4.74 Å². The highest BCUT2D eigenvalue weighted by molar-refractivity contribution is 8.00. The summed E-state index contributed by atoms with van der Waals surface area (Å²) in [5.74, 6) is 0.217. The Bertz CT molecular complexity index is 1130. The Kier molecular flexibility index (Phi) is 8.04. The minimum atomic E-state index is -0.489. The van der Waals surface area contributed by atoms with Crippen LogP contribution in [0.15, 0.2) is 77.7 Å². The predicted octanol–water partition coefficient (Wildman–Crippen LogP) is 5.37. The standard InChI is InChI=1S/C24H23N3O5S/c1-3-22(24(29)25-17-9-11-19(12-10-17)27(30)31)33-21-6-4-5-18(15-21)26-23(28)16-7-13-20(32-2)14-8-16/h4-15,22H,3H2,1-2H3,(H,25,29)(H,26,28). The van der Waals surface area contributed by atoms with Crippen molar-refractivity contribution in [2.24, 2.45) is 0 Å². The zero-order valence-corrected chi connectivity index (χ0v) is 18.9. The van der Waals surface area contributed by atoms with Gasteiger partial charge >= 0.3 is 0 Å². The van der Waals surface area contributed by atoms with Crippen LogP contribution in [0.3, 0.4) is 0 Å². The second-order valence-electron chi connectivity index (χ2n) is 7.02. The van der Waals surface area contributed by atoms with E-state index in [0.29, 0.717) is 29.1 Å². The van der Waals surface area contributed by atoms with Gasteiger partial charge in [0.25, 0.3) is 11.6 Å². The lowest BCUT2D eigenvalue weighted by molar-refractivity contribution is -0.384. The predicted molar refractivity (Wildman–Crippen MR) is 129 cm³/mol. The maximum atomic E-state index is 12.7. The van der Waals surface area contributed by atoms with Crippen LogP contribution in [0, 0.1) is 10.1 Å². The topological polar surface area (TPSA) is 111 Å². The number of carbonyl (C=O) groups is 2. The molecule has 3 aromatic rings. The minimum Gasteiger partial charge on any atom is -0.497 e. The lowest BCUT2D eigenvalue weighted by Gasteiger charge is -2.15. The van der Waals surface area contributed by atoms with E-state index in [2.05, 4.69) is 10.6 Å². The number of nitro benzene ring substituents is 1. The number of amides is 2. The van der Waals surface area contributed by atoms with Gasteiger partial charge < -0.3 is 15.4 Å². The van der Waals surface area contributed by atoms with E-state index in [1.54, 1.807) is 37.4 Å². The maximum Gasteiger partial charge on any atom is 0.269 e. The first-order valence-corrected chi connectivity index (χ1v) is 11.0. The number of nitrogens with zero attached hydrogens (tertiary/aromatic N) is 1. The molecule has 0 saturated carbocycles. The SMILES string of the molecule is CCC(Sc1cccc(NC(=O)c2ccc(OC)cc2)c1)C(=O)Nc1ccc([N+](=O)[O-])cc1. The molecule has 2 amide bonds. The summed E-state index contributed by atoms with van der Waals surface area (Å²) >= 11 is 1.38. The summed E-state index contributed by atoms with van der Waals surface area (Å²) in [6.45, 7) is 1.91. The monoisotopic (exact) mass is 465 g/mol. The highest BCUT2D eigenvalue weighted by atomic mass is 32.2. The fraction of sp³-hybridized carbons (Fsp3) is 0.167. The van der Waals surface area contributed by atoms with Crippen molar-refractivity contribution in [2.45, 2.75) is 23.5 Å². The highest BCUT2D eigenvalue weighted by Crippen LogP contribution is 2.29. The summed E-state index contributed by atoms with van der Waals surface area (Å²) in [6.07, 6.45) is 0.575. The molecule has 0 aliphatic rings. The molecule has 0 aliphatic heterocycles. The van der Waals surface area contributed by atoms with E-state index in [0.717, 1.165) is 4.90 Å². The summed E-state index contributed by atoms with van der Waals surface area (Å²) in [6, 6.07) is 19.8. The average molecular weight is 466 g/mol. The first-order chi connectivity index (χ1) is 15.9. The molecule has 170 valence electrons. The molecule has 0 saturated heterocycles. The van der Waals surface area contributed by atoms with E-state index in [1.807, 2.05) is 25.1 Å². The molecule has 1 atom stereocenters. The summed E-state index contributed by atoms with van der Waals surface area (Å²) in [7, 11) is 1.56. The molecule has 9 heteroatoms. The van der Waals surface area contributed by atoms with Crippen molar-refractivity contribution in [3.63, 3.8) is 0 Å². The Balaban J connectivity index is 1.63. The summed E-state index contributed by atoms with van der Waals surface area (Å²) in [4.78, 5) is 36.4. The molecule has 0 aromatic heterocycles. The average Bonchev–Trinajstić information content (AvgIpc) is 2.83. The molecule has 0 bridgehead atoms. The van der Waals surface area contributed by atoms with Gasteiger partial charge in [0.05, 0.1) is 17.3 Å². The molecule has 0 spiro atoms. The van der Waals surface area contributed by atoms with Crippen molar-refractivity contribution < 1.29 is 19.2 Å². The van der Waals surface area contributed by atoms with Crippen molar-refractivity contribution in [1.82, 2.24) is 0 Å². The lowest BCUT2D eigenvalue weighted by Crippen LogP contribution is -2.24. The normalized spacial score (nSPS) is 11.3. The number of carbonyl (C=O) groups excluding carboxylic acids is 2. The zero-order chi connectivity index (χ0) is 23.8. The van der Waals surface area contributed by atoms with Gasteiger partial charge in [0.1, 0.15) is 5.75 Å². The number of nitro groups is 1. The fourth-order valence-corrected chi connectivity index (χ4v) is 3.98. The molecular weight excluding hydrogens is 442 g/mol. The number of hydrogen-bond acceptors (Lipinski definition) is 6. The van der Waals surface area contributed by atoms with Crippen LogP contribution in [0.1, 0.15) is 23.7 Å². The van der Waals surface area contributed by atoms with Crippen LogP contribution in [-0.4, -0.2) is 29.1 Å². The largest absolute Gasteiger partial charge is 0.497 e. The van der Waals surface area contributed by atoms with Crippen molar-refractivity contribution in [2.75, 3.05) is 17.7 Å². The number of ether oxygens (including phenoxy) is 1. The zero-order valence-electron chi connectivity index (χ0n) is 18.1. The smallest absolute Gasteiger partial charge is 0.269 e. The van der Waals surface area contributed by atoms with E-state index in [-0.39, 0.29) is 22.8 Å². The number of rotatable bonds is 9. The van der Waals surface area contributed by atoms with Crippen molar-refractivity contribution >= 4 is 40.6 Å². The second kappa shape index (κ2) is 11.1. The number of hydrogen-bond donors (Lipinski definition) is 2. The molecule has 0 aliphatic carbocycles. The van der Waals surface area contributed by atoms with Crippen molar-refractivity contribution in [3.05, 3.63) is 88.5 Å². The molecule has 33 heavy (non-hydrogen) atoms. The Morgan fingerprint density at radius 1 is 1.00 bits per heavy atom. The summed E-state index contributed by atoms with van der Waals surface area (Å²) in [5, 5.41) is 16.1. The van der Waals surface area contributed by atoms with Crippen molar-refractivity contribution in [1.29, 1.82) is 0 Å². The van der Waals surface area contributed by atoms with Crippen LogP contribution in [0.2, 0.25) is 0 Å². The third kappa shape index (κ3) is 6.56. The highest BCUT2D eigenvalue weighted by Gasteiger charge is 2.19. The molecule has 8 nitrogen and oxygen atoms in total. The number of methoxy groups -OCH3 is 1. The number of anilines is 2. The molecule has 0 heterocycles. The van der Waals surface area contributed by atoms with E-state index >= 15 is 0 Å². The Morgan fingerprint density at radius 3 is 2.30 bits per heavy atom.